The van der Waals surface area contributed by atoms with Crippen LogP contribution in [0.15, 0.2) is 24.3 Å². The molecule has 2 amide bonds. The van der Waals surface area contributed by atoms with Crippen LogP contribution in [0.1, 0.15) is 19.8 Å². The molecule has 1 aromatic rings. The maximum absolute atomic E-state index is 13.2. The van der Waals surface area contributed by atoms with E-state index in [2.05, 4.69) is 41.0 Å². The summed E-state index contributed by atoms with van der Waals surface area (Å²) in [6.07, 6.45) is 1.99. The first-order valence-electron chi connectivity index (χ1n) is 12.2. The standard InChI is InChI=1S/C23H34N4O5S2/c1-18-16-21-6-7-26(23(28)25-10-14-34(31,32)15-11-25)17-22(18)27(21)20-4-2-19(3-5-20)24-8-12-33(29,30)13-9-24/h2-5,18,21-22H,6-17H2,1H3. The van der Waals surface area contributed by atoms with Gasteiger partial charge >= 0.3 is 6.03 Å². The number of hydrogen-bond donors (Lipinski definition) is 0. The van der Waals surface area contributed by atoms with E-state index in [1.54, 1.807) is 4.90 Å². The zero-order chi connectivity index (χ0) is 24.1. The lowest BCUT2D eigenvalue weighted by Gasteiger charge is -2.36. The molecule has 9 nitrogen and oxygen atoms in total. The second kappa shape index (κ2) is 8.89. The van der Waals surface area contributed by atoms with Crippen molar-refractivity contribution in [3.63, 3.8) is 0 Å². The number of anilines is 2. The van der Waals surface area contributed by atoms with Crippen molar-refractivity contribution in [2.45, 2.75) is 31.8 Å². The van der Waals surface area contributed by atoms with E-state index in [9.17, 15) is 21.6 Å². The average molecular weight is 511 g/mol. The maximum atomic E-state index is 13.2. The summed E-state index contributed by atoms with van der Waals surface area (Å²) in [6.45, 7) is 5.21. The van der Waals surface area contributed by atoms with Crippen LogP contribution in [0.5, 0.6) is 0 Å². The molecule has 5 rings (SSSR count). The van der Waals surface area contributed by atoms with Gasteiger partial charge in [0.05, 0.1) is 23.0 Å². The van der Waals surface area contributed by atoms with E-state index in [-0.39, 0.29) is 48.2 Å². The lowest BCUT2D eigenvalue weighted by molar-refractivity contribution is 0.151. The van der Waals surface area contributed by atoms with Crippen molar-refractivity contribution in [3.05, 3.63) is 24.3 Å². The number of hydrogen-bond acceptors (Lipinski definition) is 7. The number of benzene rings is 1. The molecule has 1 aromatic carbocycles. The molecular weight excluding hydrogens is 476 g/mol. The van der Waals surface area contributed by atoms with Gasteiger partial charge in [-0.05, 0) is 43.0 Å². The second-order valence-corrected chi connectivity index (χ2v) is 14.8. The number of amides is 2. The molecule has 2 bridgehead atoms. The largest absolute Gasteiger partial charge is 0.369 e. The Morgan fingerprint density at radius 1 is 0.794 bits per heavy atom. The third-order valence-corrected chi connectivity index (χ3v) is 11.2. The molecule has 0 spiro atoms. The van der Waals surface area contributed by atoms with Crippen LogP contribution in [-0.4, -0.2) is 107 Å². The number of carbonyl (C=O) groups is 1. The van der Waals surface area contributed by atoms with Crippen LogP contribution in [0, 0.1) is 5.92 Å². The van der Waals surface area contributed by atoms with Crippen LogP contribution >= 0.6 is 0 Å². The highest BCUT2D eigenvalue weighted by molar-refractivity contribution is 7.91. The number of sulfone groups is 2. The molecule has 4 heterocycles. The zero-order valence-electron chi connectivity index (χ0n) is 19.7. The summed E-state index contributed by atoms with van der Waals surface area (Å²) in [5.74, 6) is 0.965. The Labute approximate surface area is 202 Å². The molecule has 34 heavy (non-hydrogen) atoms. The molecular formula is C23H34N4O5S2. The van der Waals surface area contributed by atoms with E-state index in [4.69, 9.17) is 0 Å². The lowest BCUT2D eigenvalue weighted by atomic mass is 9.98. The van der Waals surface area contributed by atoms with Gasteiger partial charge in [0.15, 0.2) is 19.7 Å². The number of nitrogens with zero attached hydrogens (tertiary/aromatic N) is 4. The topological polar surface area (TPSA) is 98.3 Å². The number of rotatable bonds is 2. The predicted molar refractivity (Wildman–Crippen MR) is 133 cm³/mol. The number of carbonyl (C=O) groups excluding carboxylic acids is 1. The zero-order valence-corrected chi connectivity index (χ0v) is 21.3. The fraction of sp³-hybridized carbons (Fsp3) is 0.696. The first kappa shape index (κ1) is 23.7. The molecule has 4 aliphatic rings. The number of likely N-dealkylation sites (tertiary alicyclic amines) is 1. The van der Waals surface area contributed by atoms with E-state index in [1.807, 2.05) is 4.90 Å². The molecule has 3 atom stereocenters. The minimum atomic E-state index is -3.02. The highest BCUT2D eigenvalue weighted by Gasteiger charge is 2.43. The molecule has 0 N–H and O–H groups in total. The smallest absolute Gasteiger partial charge is 0.320 e. The Balaban J connectivity index is 1.28. The van der Waals surface area contributed by atoms with Gasteiger partial charge in [-0.2, -0.15) is 0 Å². The van der Waals surface area contributed by atoms with Crippen LogP contribution in [0.2, 0.25) is 0 Å². The molecule has 11 heteroatoms. The Hall–Kier alpha value is -2.01. The van der Waals surface area contributed by atoms with E-state index in [0.29, 0.717) is 38.1 Å². The summed E-state index contributed by atoms with van der Waals surface area (Å²) in [7, 11) is -5.93. The Morgan fingerprint density at radius 2 is 1.35 bits per heavy atom. The molecule has 4 saturated heterocycles. The highest BCUT2D eigenvalue weighted by Crippen LogP contribution is 2.39. The van der Waals surface area contributed by atoms with Crippen molar-refractivity contribution in [2.75, 3.05) is 72.1 Å². The van der Waals surface area contributed by atoms with Crippen molar-refractivity contribution in [2.24, 2.45) is 5.92 Å². The number of fused-ring (bicyclic) bond motifs is 2. The lowest BCUT2D eigenvalue weighted by Crippen LogP contribution is -2.52. The van der Waals surface area contributed by atoms with Gasteiger partial charge in [-0.15, -0.1) is 0 Å². The molecule has 4 fully saturated rings. The van der Waals surface area contributed by atoms with Gasteiger partial charge in [0.25, 0.3) is 0 Å². The van der Waals surface area contributed by atoms with Crippen LogP contribution in [0.25, 0.3) is 0 Å². The summed E-state index contributed by atoms with van der Waals surface area (Å²) < 4.78 is 47.0. The van der Waals surface area contributed by atoms with Crippen LogP contribution in [-0.2, 0) is 19.7 Å². The molecule has 0 aliphatic carbocycles. The van der Waals surface area contributed by atoms with Crippen molar-refractivity contribution >= 4 is 37.1 Å². The second-order valence-electron chi connectivity index (χ2n) is 10.2. The fourth-order valence-corrected chi connectivity index (χ4v) is 8.28. The van der Waals surface area contributed by atoms with E-state index < -0.39 is 19.7 Å². The summed E-state index contributed by atoms with van der Waals surface area (Å²) in [5, 5.41) is 0. The van der Waals surface area contributed by atoms with Crippen LogP contribution < -0.4 is 9.80 Å². The van der Waals surface area contributed by atoms with E-state index in [1.165, 1.54) is 0 Å². The molecule has 0 radical (unpaired) electrons. The van der Waals surface area contributed by atoms with Gasteiger partial charge in [0.1, 0.15) is 0 Å². The van der Waals surface area contributed by atoms with E-state index in [0.717, 1.165) is 24.2 Å². The third-order valence-electron chi connectivity index (χ3n) is 7.93. The maximum Gasteiger partial charge on any atom is 0.320 e. The number of urea groups is 1. The third kappa shape index (κ3) is 4.73. The highest BCUT2D eigenvalue weighted by atomic mass is 32.2. The summed E-state index contributed by atoms with van der Waals surface area (Å²) >= 11 is 0. The van der Waals surface area contributed by atoms with Crippen molar-refractivity contribution in [1.29, 1.82) is 0 Å². The first-order valence-corrected chi connectivity index (χ1v) is 15.8. The van der Waals surface area contributed by atoms with Gasteiger partial charge in [-0.25, -0.2) is 21.6 Å². The van der Waals surface area contributed by atoms with Gasteiger partial charge in [-0.3, -0.25) is 0 Å². The minimum Gasteiger partial charge on any atom is -0.369 e. The molecule has 0 saturated carbocycles. The van der Waals surface area contributed by atoms with Crippen LogP contribution in [0.4, 0.5) is 16.2 Å². The SMILES string of the molecule is CC1CC2CCN(C(=O)N3CCS(=O)(=O)CC3)CC1N2c1ccc(N2CCS(=O)(=O)CC2)cc1. The van der Waals surface area contributed by atoms with Crippen molar-refractivity contribution in [1.82, 2.24) is 9.80 Å². The Bertz CT molecular complexity index is 1110. The summed E-state index contributed by atoms with van der Waals surface area (Å²) in [6, 6.07) is 8.97. The van der Waals surface area contributed by atoms with Gasteiger partial charge in [0.2, 0.25) is 0 Å². The quantitative estimate of drug-likeness (QED) is 0.587. The predicted octanol–water partition coefficient (Wildman–Crippen LogP) is 1.06. The van der Waals surface area contributed by atoms with Gasteiger partial charge < -0.3 is 19.6 Å². The molecule has 188 valence electrons. The first-order chi connectivity index (χ1) is 16.1. The monoisotopic (exact) mass is 510 g/mol. The van der Waals surface area contributed by atoms with Gasteiger partial charge in [0, 0.05) is 62.7 Å². The molecule has 3 unspecified atom stereocenters. The van der Waals surface area contributed by atoms with Crippen molar-refractivity contribution < 1.29 is 21.6 Å². The average Bonchev–Trinajstić information content (AvgIpc) is 2.97. The Morgan fingerprint density at radius 3 is 1.97 bits per heavy atom. The Kier molecular flexibility index (Phi) is 6.20. The summed E-state index contributed by atoms with van der Waals surface area (Å²) in [5.41, 5.74) is 2.19. The molecule has 0 aromatic heterocycles. The minimum absolute atomic E-state index is 0.0370. The molecule has 4 aliphatic heterocycles. The van der Waals surface area contributed by atoms with E-state index >= 15 is 0 Å². The van der Waals surface area contributed by atoms with Crippen LogP contribution in [0.3, 0.4) is 0 Å². The summed E-state index contributed by atoms with van der Waals surface area (Å²) in [4.78, 5) is 21.4. The fourth-order valence-electron chi connectivity index (χ4n) is 5.88. The normalized spacial score (nSPS) is 30.8. The van der Waals surface area contributed by atoms with Gasteiger partial charge in [-0.1, -0.05) is 6.92 Å². The van der Waals surface area contributed by atoms with Crippen molar-refractivity contribution in [3.8, 4) is 0 Å².